The lowest BCUT2D eigenvalue weighted by molar-refractivity contribution is -0.119. The topological polar surface area (TPSA) is 34.9 Å². The highest BCUT2D eigenvalue weighted by molar-refractivity contribution is 9.10. The van der Waals surface area contributed by atoms with Gasteiger partial charge in [0.05, 0.1) is 23.9 Å². The summed E-state index contributed by atoms with van der Waals surface area (Å²) < 4.78 is 16.2. The summed E-state index contributed by atoms with van der Waals surface area (Å²) in [6.07, 6.45) is 1.71. The van der Waals surface area contributed by atoms with Crippen molar-refractivity contribution in [2.75, 3.05) is 0 Å². The second-order valence-corrected chi connectivity index (χ2v) is 5.73. The number of benzene rings is 2. The number of hydrogen-bond acceptors (Lipinski definition) is 2. The molecule has 0 aliphatic heterocycles. The van der Waals surface area contributed by atoms with Crippen molar-refractivity contribution in [3.05, 3.63) is 64.6 Å². The summed E-state index contributed by atoms with van der Waals surface area (Å²) in [7, 11) is 0. The van der Waals surface area contributed by atoms with Crippen LogP contribution >= 0.6 is 15.9 Å². The zero-order valence-electron chi connectivity index (χ0n) is 11.1. The van der Waals surface area contributed by atoms with Crippen LogP contribution in [0.4, 0.5) is 4.39 Å². The molecule has 2 aromatic carbocycles. The van der Waals surface area contributed by atoms with Gasteiger partial charge < -0.3 is 4.57 Å². The van der Waals surface area contributed by atoms with Gasteiger partial charge in [-0.25, -0.2) is 9.37 Å². The first-order valence-corrected chi connectivity index (χ1v) is 7.28. The molecule has 3 nitrogen and oxygen atoms in total. The molecule has 0 amide bonds. The maximum atomic E-state index is 13.7. The molecule has 5 heteroatoms. The highest BCUT2D eigenvalue weighted by Crippen LogP contribution is 2.17. The van der Waals surface area contributed by atoms with Crippen LogP contribution in [0.25, 0.3) is 11.0 Å². The van der Waals surface area contributed by atoms with Gasteiger partial charge in [0.2, 0.25) is 0 Å². The lowest BCUT2D eigenvalue weighted by atomic mass is 10.1. The van der Waals surface area contributed by atoms with Crippen LogP contribution < -0.4 is 0 Å². The number of hydrogen-bond donors (Lipinski definition) is 0. The standard InChI is InChI=1S/C16H12BrFN2O/c17-12-5-6-14(18)11(7-12)8-13(21)9-20-10-19-15-3-1-2-4-16(15)20/h1-7,10H,8-9H2. The number of ketones is 1. The molecule has 0 aliphatic rings. The molecule has 0 unspecified atom stereocenters. The average Bonchev–Trinajstić information content (AvgIpc) is 2.86. The number of carbonyl (C=O) groups excluding carboxylic acids is 1. The molecule has 21 heavy (non-hydrogen) atoms. The quantitative estimate of drug-likeness (QED) is 0.721. The Hall–Kier alpha value is -2.01. The third-order valence-corrected chi connectivity index (χ3v) is 3.76. The van der Waals surface area contributed by atoms with E-state index in [9.17, 15) is 9.18 Å². The Morgan fingerprint density at radius 3 is 2.90 bits per heavy atom. The number of imidazole rings is 1. The third kappa shape index (κ3) is 3.03. The molecule has 3 rings (SSSR count). The monoisotopic (exact) mass is 346 g/mol. The van der Waals surface area contributed by atoms with Crippen LogP contribution in [-0.4, -0.2) is 15.3 Å². The minimum atomic E-state index is -0.359. The average molecular weight is 347 g/mol. The second kappa shape index (κ2) is 5.77. The molecule has 0 atom stereocenters. The summed E-state index contributed by atoms with van der Waals surface area (Å²) >= 11 is 3.29. The molecule has 0 radical (unpaired) electrons. The van der Waals surface area contributed by atoms with Crippen LogP contribution in [0.2, 0.25) is 0 Å². The van der Waals surface area contributed by atoms with E-state index in [1.54, 1.807) is 23.0 Å². The van der Waals surface area contributed by atoms with Gasteiger partial charge in [0.25, 0.3) is 0 Å². The fourth-order valence-electron chi connectivity index (χ4n) is 2.27. The molecular formula is C16H12BrFN2O. The lowest BCUT2D eigenvalue weighted by Crippen LogP contribution is -2.12. The Labute approximate surface area is 129 Å². The summed E-state index contributed by atoms with van der Waals surface area (Å²) in [6, 6.07) is 12.2. The molecule has 0 bridgehead atoms. The number of halogens is 2. The molecule has 0 fully saturated rings. The van der Waals surface area contributed by atoms with Crippen molar-refractivity contribution in [1.29, 1.82) is 0 Å². The van der Waals surface area contributed by atoms with Gasteiger partial charge >= 0.3 is 0 Å². The van der Waals surface area contributed by atoms with Crippen molar-refractivity contribution in [1.82, 2.24) is 9.55 Å². The van der Waals surface area contributed by atoms with Gasteiger partial charge in [-0.15, -0.1) is 0 Å². The van der Waals surface area contributed by atoms with Crippen LogP contribution in [0, 0.1) is 5.82 Å². The maximum absolute atomic E-state index is 13.7. The van der Waals surface area contributed by atoms with E-state index in [4.69, 9.17) is 0 Å². The molecule has 0 saturated heterocycles. The Morgan fingerprint density at radius 2 is 2.05 bits per heavy atom. The van der Waals surface area contributed by atoms with Crippen molar-refractivity contribution in [3.63, 3.8) is 0 Å². The van der Waals surface area contributed by atoms with Crippen LogP contribution in [0.1, 0.15) is 5.56 Å². The Kier molecular flexibility index (Phi) is 3.84. The summed E-state index contributed by atoms with van der Waals surface area (Å²) in [6.45, 7) is 0.187. The largest absolute Gasteiger partial charge is 0.323 e. The van der Waals surface area contributed by atoms with Crippen molar-refractivity contribution >= 4 is 32.7 Å². The number of Topliss-reactive ketones (excluding diaryl/α,β-unsaturated/α-hetero) is 1. The highest BCUT2D eigenvalue weighted by atomic mass is 79.9. The fourth-order valence-corrected chi connectivity index (χ4v) is 2.68. The van der Waals surface area contributed by atoms with Gasteiger partial charge in [-0.05, 0) is 35.9 Å². The van der Waals surface area contributed by atoms with E-state index < -0.39 is 0 Å². The van der Waals surface area contributed by atoms with Crippen molar-refractivity contribution < 1.29 is 9.18 Å². The van der Waals surface area contributed by atoms with Crippen LogP contribution in [0.3, 0.4) is 0 Å². The zero-order valence-corrected chi connectivity index (χ0v) is 12.7. The number of rotatable bonds is 4. The van der Waals surface area contributed by atoms with Crippen molar-refractivity contribution in [3.8, 4) is 0 Å². The number of carbonyl (C=O) groups is 1. The number of para-hydroxylation sites is 2. The zero-order chi connectivity index (χ0) is 14.8. The first kappa shape index (κ1) is 13.9. The summed E-state index contributed by atoms with van der Waals surface area (Å²) in [5, 5.41) is 0. The van der Waals surface area contributed by atoms with E-state index in [2.05, 4.69) is 20.9 Å². The molecule has 0 saturated carbocycles. The SMILES string of the molecule is O=C(Cc1cc(Br)ccc1F)Cn1cnc2ccccc21. The second-order valence-electron chi connectivity index (χ2n) is 4.81. The highest BCUT2D eigenvalue weighted by Gasteiger charge is 2.11. The van der Waals surface area contributed by atoms with E-state index in [1.807, 2.05) is 24.3 Å². The minimum absolute atomic E-state index is 0.0600. The van der Waals surface area contributed by atoms with Gasteiger partial charge in [0.15, 0.2) is 5.78 Å². The van der Waals surface area contributed by atoms with E-state index in [1.165, 1.54) is 6.07 Å². The Balaban J connectivity index is 1.79. The van der Waals surface area contributed by atoms with Gasteiger partial charge in [0.1, 0.15) is 5.82 Å². The fraction of sp³-hybridized carbons (Fsp3) is 0.125. The molecule has 0 N–H and O–H groups in total. The van der Waals surface area contributed by atoms with E-state index >= 15 is 0 Å². The minimum Gasteiger partial charge on any atom is -0.323 e. The summed E-state index contributed by atoms with van der Waals surface area (Å²) in [4.78, 5) is 16.4. The molecule has 1 heterocycles. The van der Waals surface area contributed by atoms with Gasteiger partial charge in [-0.1, -0.05) is 28.1 Å². The van der Waals surface area contributed by atoms with Crippen LogP contribution in [0.5, 0.6) is 0 Å². The normalized spacial score (nSPS) is 11.0. The Morgan fingerprint density at radius 1 is 1.24 bits per heavy atom. The van der Waals surface area contributed by atoms with E-state index in [0.717, 1.165) is 15.5 Å². The van der Waals surface area contributed by atoms with Gasteiger partial charge in [0, 0.05) is 10.9 Å². The van der Waals surface area contributed by atoms with E-state index in [-0.39, 0.29) is 24.6 Å². The Bertz CT molecular complexity index is 813. The predicted octanol–water partition coefficient (Wildman–Crippen LogP) is 3.75. The maximum Gasteiger partial charge on any atom is 0.157 e. The molecule has 106 valence electrons. The van der Waals surface area contributed by atoms with Crippen LogP contribution in [0.15, 0.2) is 53.3 Å². The molecule has 3 aromatic rings. The first-order chi connectivity index (χ1) is 10.1. The lowest BCUT2D eigenvalue weighted by Gasteiger charge is -2.05. The number of fused-ring (bicyclic) bond motifs is 1. The molecular weight excluding hydrogens is 335 g/mol. The predicted molar refractivity (Wildman–Crippen MR) is 82.5 cm³/mol. The summed E-state index contributed by atoms with van der Waals surface area (Å²) in [5.74, 6) is -0.419. The molecule has 1 aromatic heterocycles. The molecule has 0 aliphatic carbocycles. The smallest absolute Gasteiger partial charge is 0.157 e. The molecule has 0 spiro atoms. The van der Waals surface area contributed by atoms with Crippen LogP contribution in [-0.2, 0) is 17.8 Å². The summed E-state index contributed by atoms with van der Waals surface area (Å²) in [5.41, 5.74) is 2.15. The third-order valence-electron chi connectivity index (χ3n) is 3.27. The van der Waals surface area contributed by atoms with Gasteiger partial charge in [-0.3, -0.25) is 4.79 Å². The van der Waals surface area contributed by atoms with Crippen molar-refractivity contribution in [2.45, 2.75) is 13.0 Å². The first-order valence-electron chi connectivity index (χ1n) is 6.49. The van der Waals surface area contributed by atoms with Gasteiger partial charge in [-0.2, -0.15) is 0 Å². The number of aromatic nitrogens is 2. The van der Waals surface area contributed by atoms with E-state index in [0.29, 0.717) is 5.56 Å². The number of nitrogens with zero attached hydrogens (tertiary/aromatic N) is 2. The van der Waals surface area contributed by atoms with Crippen molar-refractivity contribution in [2.24, 2.45) is 0 Å².